The Bertz CT molecular complexity index is 561. The Morgan fingerprint density at radius 3 is 2.48 bits per heavy atom. The number of rotatable bonds is 7. The molecule has 0 saturated carbocycles. The lowest BCUT2D eigenvalue weighted by Gasteiger charge is -2.25. The number of amides is 2. The zero-order valence-electron chi connectivity index (χ0n) is 14.4. The van der Waals surface area contributed by atoms with Crippen LogP contribution in [0.2, 0.25) is 5.02 Å². The van der Waals surface area contributed by atoms with E-state index in [-0.39, 0.29) is 24.4 Å². The smallest absolute Gasteiger partial charge is 0.263 e. The van der Waals surface area contributed by atoms with Gasteiger partial charge in [0.05, 0.1) is 6.54 Å². The molecule has 128 valence electrons. The van der Waals surface area contributed by atoms with Crippen LogP contribution in [0.25, 0.3) is 0 Å². The molecule has 1 aromatic rings. The number of nitrogens with one attached hydrogen (secondary N) is 1. The van der Waals surface area contributed by atoms with Crippen LogP contribution in [0.15, 0.2) is 18.2 Å². The van der Waals surface area contributed by atoms with Crippen LogP contribution in [0.4, 0.5) is 0 Å². The third-order valence-corrected chi connectivity index (χ3v) is 3.50. The molecule has 6 heteroatoms. The molecule has 1 aromatic carbocycles. The molecule has 0 aliphatic carbocycles. The van der Waals surface area contributed by atoms with E-state index in [1.807, 2.05) is 27.7 Å². The van der Waals surface area contributed by atoms with Crippen molar-refractivity contribution < 1.29 is 14.3 Å². The van der Waals surface area contributed by atoms with Crippen LogP contribution in [-0.4, -0.2) is 41.9 Å². The van der Waals surface area contributed by atoms with Crippen molar-refractivity contribution in [3.63, 3.8) is 0 Å². The second kappa shape index (κ2) is 8.77. The van der Waals surface area contributed by atoms with E-state index in [0.29, 0.717) is 17.3 Å². The van der Waals surface area contributed by atoms with Gasteiger partial charge in [-0.15, -0.1) is 0 Å². The predicted molar refractivity (Wildman–Crippen MR) is 91.8 cm³/mol. The van der Waals surface area contributed by atoms with E-state index in [1.165, 1.54) is 4.90 Å². The zero-order chi connectivity index (χ0) is 17.6. The third kappa shape index (κ3) is 6.10. The van der Waals surface area contributed by atoms with E-state index in [9.17, 15) is 9.59 Å². The number of halogens is 1. The summed E-state index contributed by atoms with van der Waals surface area (Å²) >= 11 is 5.91. The molecule has 1 unspecified atom stereocenters. The van der Waals surface area contributed by atoms with Gasteiger partial charge in [-0.05, 0) is 58.4 Å². The number of benzene rings is 1. The van der Waals surface area contributed by atoms with Gasteiger partial charge >= 0.3 is 0 Å². The van der Waals surface area contributed by atoms with Crippen molar-refractivity contribution in [2.24, 2.45) is 0 Å². The van der Waals surface area contributed by atoms with E-state index < -0.39 is 6.10 Å². The van der Waals surface area contributed by atoms with Gasteiger partial charge in [-0.3, -0.25) is 9.59 Å². The van der Waals surface area contributed by atoms with Gasteiger partial charge in [-0.2, -0.15) is 0 Å². The number of hydrogen-bond acceptors (Lipinski definition) is 3. The fraction of sp³-hybridized carbons (Fsp3) is 0.529. The van der Waals surface area contributed by atoms with Crippen LogP contribution in [-0.2, 0) is 9.59 Å². The number of likely N-dealkylation sites (N-methyl/N-ethyl adjacent to an activating group) is 1. The van der Waals surface area contributed by atoms with Crippen LogP contribution in [0.3, 0.4) is 0 Å². The highest BCUT2D eigenvalue weighted by Crippen LogP contribution is 2.23. The first-order valence-corrected chi connectivity index (χ1v) is 8.13. The molecule has 2 amide bonds. The molecule has 1 atom stereocenters. The Balaban J connectivity index is 2.71. The van der Waals surface area contributed by atoms with Gasteiger partial charge in [-0.1, -0.05) is 11.6 Å². The molecular formula is C17H25ClN2O3. The highest BCUT2D eigenvalue weighted by atomic mass is 35.5. The average molecular weight is 341 g/mol. The van der Waals surface area contributed by atoms with Crippen molar-refractivity contribution in [1.82, 2.24) is 10.2 Å². The van der Waals surface area contributed by atoms with Gasteiger partial charge in [0.15, 0.2) is 6.10 Å². The van der Waals surface area contributed by atoms with Crippen LogP contribution < -0.4 is 10.1 Å². The number of nitrogens with zero attached hydrogens (tertiary/aromatic N) is 1. The quantitative estimate of drug-likeness (QED) is 0.830. The van der Waals surface area contributed by atoms with E-state index in [2.05, 4.69) is 5.32 Å². The number of ether oxygens (including phenoxy) is 1. The van der Waals surface area contributed by atoms with Crippen molar-refractivity contribution in [3.05, 3.63) is 28.8 Å². The lowest BCUT2D eigenvalue weighted by molar-refractivity contribution is -0.141. The first-order valence-electron chi connectivity index (χ1n) is 7.75. The van der Waals surface area contributed by atoms with Crippen molar-refractivity contribution >= 4 is 23.4 Å². The summed E-state index contributed by atoms with van der Waals surface area (Å²) in [6.45, 7) is 9.61. The van der Waals surface area contributed by atoms with Crippen molar-refractivity contribution in [2.45, 2.75) is 46.8 Å². The molecule has 0 bridgehead atoms. The SMILES string of the molecule is CCN(CC(=O)NC(C)C)C(=O)C(C)Oc1ccc(Cl)cc1C. The van der Waals surface area contributed by atoms with Crippen molar-refractivity contribution in [2.75, 3.05) is 13.1 Å². The van der Waals surface area contributed by atoms with Gasteiger partial charge < -0.3 is 15.0 Å². The summed E-state index contributed by atoms with van der Waals surface area (Å²) in [4.78, 5) is 25.8. The van der Waals surface area contributed by atoms with Gasteiger partial charge in [-0.25, -0.2) is 0 Å². The summed E-state index contributed by atoms with van der Waals surface area (Å²) < 4.78 is 5.73. The van der Waals surface area contributed by atoms with Gasteiger partial charge in [0, 0.05) is 17.6 Å². The Morgan fingerprint density at radius 2 is 1.96 bits per heavy atom. The Morgan fingerprint density at radius 1 is 1.30 bits per heavy atom. The Kier molecular flexibility index (Phi) is 7.36. The maximum atomic E-state index is 12.5. The summed E-state index contributed by atoms with van der Waals surface area (Å²) in [5.74, 6) is 0.212. The number of aryl methyl sites for hydroxylation is 1. The second-order valence-corrected chi connectivity index (χ2v) is 6.18. The molecule has 0 heterocycles. The van der Waals surface area contributed by atoms with Gasteiger partial charge in [0.2, 0.25) is 5.91 Å². The predicted octanol–water partition coefficient (Wildman–Crippen LogP) is 2.79. The molecular weight excluding hydrogens is 316 g/mol. The standard InChI is InChI=1S/C17H25ClN2O3/c1-6-20(10-16(21)19-11(2)3)17(22)13(5)23-15-8-7-14(18)9-12(15)4/h7-9,11,13H,6,10H2,1-5H3,(H,19,21). The fourth-order valence-corrected chi connectivity index (χ4v) is 2.36. The molecule has 1 N–H and O–H groups in total. The summed E-state index contributed by atoms with van der Waals surface area (Å²) in [5.41, 5.74) is 0.859. The van der Waals surface area contributed by atoms with E-state index in [0.717, 1.165) is 5.56 Å². The third-order valence-electron chi connectivity index (χ3n) is 3.27. The molecule has 5 nitrogen and oxygen atoms in total. The molecule has 0 aliphatic rings. The molecule has 0 saturated heterocycles. The summed E-state index contributed by atoms with van der Waals surface area (Å²) in [7, 11) is 0. The minimum absolute atomic E-state index is 0.0286. The average Bonchev–Trinajstić information content (AvgIpc) is 2.46. The molecule has 0 radical (unpaired) electrons. The Hall–Kier alpha value is -1.75. The maximum absolute atomic E-state index is 12.5. The van der Waals surface area contributed by atoms with E-state index >= 15 is 0 Å². The highest BCUT2D eigenvalue weighted by molar-refractivity contribution is 6.30. The molecule has 0 fully saturated rings. The summed E-state index contributed by atoms with van der Waals surface area (Å²) in [5, 5.41) is 3.40. The maximum Gasteiger partial charge on any atom is 0.263 e. The number of hydrogen-bond donors (Lipinski definition) is 1. The molecule has 0 spiro atoms. The number of carbonyl (C=O) groups excluding carboxylic acids is 2. The van der Waals surface area contributed by atoms with Crippen molar-refractivity contribution in [3.8, 4) is 5.75 Å². The van der Waals surface area contributed by atoms with Crippen molar-refractivity contribution in [1.29, 1.82) is 0 Å². The van der Waals surface area contributed by atoms with Crippen LogP contribution in [0.5, 0.6) is 5.75 Å². The Labute approximate surface area is 142 Å². The largest absolute Gasteiger partial charge is 0.481 e. The number of carbonyl (C=O) groups is 2. The van der Waals surface area contributed by atoms with Crippen LogP contribution >= 0.6 is 11.6 Å². The molecule has 1 rings (SSSR count). The van der Waals surface area contributed by atoms with Crippen LogP contribution in [0, 0.1) is 6.92 Å². The summed E-state index contributed by atoms with van der Waals surface area (Å²) in [6, 6.07) is 5.28. The van der Waals surface area contributed by atoms with E-state index in [4.69, 9.17) is 16.3 Å². The van der Waals surface area contributed by atoms with Gasteiger partial charge in [0.25, 0.3) is 5.91 Å². The molecule has 23 heavy (non-hydrogen) atoms. The summed E-state index contributed by atoms with van der Waals surface area (Å²) in [6.07, 6.45) is -0.679. The van der Waals surface area contributed by atoms with Gasteiger partial charge in [0.1, 0.15) is 5.75 Å². The lowest BCUT2D eigenvalue weighted by Crippen LogP contribution is -2.46. The highest BCUT2D eigenvalue weighted by Gasteiger charge is 2.23. The monoisotopic (exact) mass is 340 g/mol. The lowest BCUT2D eigenvalue weighted by atomic mass is 10.2. The minimum Gasteiger partial charge on any atom is -0.481 e. The second-order valence-electron chi connectivity index (χ2n) is 5.74. The normalized spacial score (nSPS) is 12.0. The zero-order valence-corrected chi connectivity index (χ0v) is 15.1. The molecule has 0 aromatic heterocycles. The molecule has 0 aliphatic heterocycles. The first kappa shape index (κ1) is 19.3. The minimum atomic E-state index is -0.679. The first-order chi connectivity index (χ1) is 10.7. The topological polar surface area (TPSA) is 58.6 Å². The fourth-order valence-electron chi connectivity index (χ4n) is 2.13. The van der Waals surface area contributed by atoms with Crippen LogP contribution in [0.1, 0.15) is 33.3 Å². The van der Waals surface area contributed by atoms with E-state index in [1.54, 1.807) is 25.1 Å².